The third-order valence-corrected chi connectivity index (χ3v) is 3.88. The lowest BCUT2D eigenvalue weighted by Crippen LogP contribution is -2.12. The quantitative estimate of drug-likeness (QED) is 0.753. The fraction of sp³-hybridized carbons (Fsp3) is 0.0526. The number of nitrogens with one attached hydrogen (secondary N) is 1. The van der Waals surface area contributed by atoms with Gasteiger partial charge in [-0.2, -0.15) is 5.26 Å². The minimum Gasteiger partial charge on any atom is -0.321 e. The maximum absolute atomic E-state index is 12.3. The van der Waals surface area contributed by atoms with E-state index < -0.39 is 5.56 Å². The summed E-state index contributed by atoms with van der Waals surface area (Å²) in [5, 5.41) is 9.93. The molecule has 0 unspecified atom stereocenters. The van der Waals surface area contributed by atoms with E-state index in [0.29, 0.717) is 16.3 Å². The first-order valence-corrected chi connectivity index (χ1v) is 7.46. The molecule has 0 aliphatic heterocycles. The van der Waals surface area contributed by atoms with E-state index in [1.165, 1.54) is 0 Å². The molecule has 1 N–H and O–H groups in total. The van der Waals surface area contributed by atoms with Crippen molar-refractivity contribution in [3.8, 4) is 28.5 Å². The second kappa shape index (κ2) is 6.12. The molecule has 1 heterocycles. The third kappa shape index (κ3) is 3.03. The summed E-state index contributed by atoms with van der Waals surface area (Å²) in [4.78, 5) is 15.1. The number of H-pyrrole nitrogens is 1. The Hall–Kier alpha value is -2.83. The Kier molecular flexibility index (Phi) is 4.01. The number of aryl methyl sites for hydroxylation is 1. The largest absolute Gasteiger partial charge is 0.321 e. The van der Waals surface area contributed by atoms with Gasteiger partial charge in [-0.1, -0.05) is 47.5 Å². The average Bonchev–Trinajstić information content (AvgIpc) is 2.55. The number of nitriles is 1. The van der Waals surface area contributed by atoms with Crippen molar-refractivity contribution in [1.82, 2.24) is 4.98 Å². The van der Waals surface area contributed by atoms with Gasteiger partial charge in [0.25, 0.3) is 5.56 Å². The number of aromatic amines is 1. The first-order chi connectivity index (χ1) is 11.1. The summed E-state index contributed by atoms with van der Waals surface area (Å²) in [7, 11) is 0. The molecule has 2 aromatic carbocycles. The third-order valence-electron chi connectivity index (χ3n) is 3.63. The van der Waals surface area contributed by atoms with Gasteiger partial charge in [0, 0.05) is 16.3 Å². The van der Waals surface area contributed by atoms with Crippen LogP contribution in [-0.4, -0.2) is 4.98 Å². The Balaban J connectivity index is 2.24. The first-order valence-electron chi connectivity index (χ1n) is 7.09. The van der Waals surface area contributed by atoms with E-state index in [0.717, 1.165) is 16.7 Å². The highest BCUT2D eigenvalue weighted by atomic mass is 35.5. The van der Waals surface area contributed by atoms with E-state index in [1.54, 1.807) is 24.3 Å². The summed E-state index contributed by atoms with van der Waals surface area (Å²) in [5.41, 5.74) is 3.78. The van der Waals surface area contributed by atoms with Crippen LogP contribution in [0.15, 0.2) is 59.4 Å². The predicted octanol–water partition coefficient (Wildman–Crippen LogP) is 4.54. The number of aromatic nitrogens is 1. The monoisotopic (exact) mass is 320 g/mol. The fourth-order valence-electron chi connectivity index (χ4n) is 2.50. The Bertz CT molecular complexity index is 966. The van der Waals surface area contributed by atoms with E-state index in [1.807, 2.05) is 43.3 Å². The molecule has 3 rings (SSSR count). The van der Waals surface area contributed by atoms with Gasteiger partial charge in [0.15, 0.2) is 0 Å². The van der Waals surface area contributed by atoms with Gasteiger partial charge in [0.2, 0.25) is 0 Å². The average molecular weight is 321 g/mol. The molecular formula is C19H13ClN2O. The van der Waals surface area contributed by atoms with Crippen LogP contribution in [0.2, 0.25) is 5.02 Å². The van der Waals surface area contributed by atoms with Crippen molar-refractivity contribution in [2.75, 3.05) is 0 Å². The van der Waals surface area contributed by atoms with E-state index in [4.69, 9.17) is 11.6 Å². The van der Waals surface area contributed by atoms with Crippen LogP contribution >= 0.6 is 11.6 Å². The number of rotatable bonds is 2. The highest BCUT2D eigenvalue weighted by Crippen LogP contribution is 2.27. The van der Waals surface area contributed by atoms with Crippen molar-refractivity contribution < 1.29 is 0 Å². The van der Waals surface area contributed by atoms with E-state index in [-0.39, 0.29) is 5.56 Å². The van der Waals surface area contributed by atoms with Gasteiger partial charge in [-0.3, -0.25) is 4.79 Å². The Labute approximate surface area is 138 Å². The standard InChI is InChI=1S/C19H13ClN2O/c1-12-3-2-4-14(9-12)18-10-16(17(11-21)19(23)22-18)13-5-7-15(20)8-6-13/h2-10H,1H3,(H,22,23). The van der Waals surface area contributed by atoms with Gasteiger partial charge in [-0.05, 0) is 42.3 Å². The molecule has 4 heteroatoms. The van der Waals surface area contributed by atoms with Crippen LogP contribution in [0.25, 0.3) is 22.4 Å². The molecule has 0 saturated heterocycles. The fourth-order valence-corrected chi connectivity index (χ4v) is 2.62. The molecule has 0 spiro atoms. The maximum atomic E-state index is 12.3. The van der Waals surface area contributed by atoms with Gasteiger partial charge < -0.3 is 4.98 Å². The van der Waals surface area contributed by atoms with Crippen LogP contribution in [0.4, 0.5) is 0 Å². The SMILES string of the molecule is Cc1cccc(-c2cc(-c3ccc(Cl)cc3)c(C#N)c(=O)[nH]2)c1. The molecule has 0 fully saturated rings. The van der Waals surface area contributed by atoms with Crippen LogP contribution < -0.4 is 5.56 Å². The molecular weight excluding hydrogens is 308 g/mol. The number of halogens is 1. The minimum absolute atomic E-state index is 0.101. The number of pyridine rings is 1. The Morgan fingerprint density at radius 1 is 1.04 bits per heavy atom. The highest BCUT2D eigenvalue weighted by molar-refractivity contribution is 6.30. The van der Waals surface area contributed by atoms with E-state index in [2.05, 4.69) is 4.98 Å². The Morgan fingerprint density at radius 2 is 1.78 bits per heavy atom. The van der Waals surface area contributed by atoms with Gasteiger partial charge in [-0.25, -0.2) is 0 Å². The van der Waals surface area contributed by atoms with Crippen molar-refractivity contribution in [3.05, 3.63) is 81.1 Å². The lowest BCUT2D eigenvalue weighted by atomic mass is 9.99. The molecule has 23 heavy (non-hydrogen) atoms. The van der Waals surface area contributed by atoms with Crippen LogP contribution in [0.1, 0.15) is 11.1 Å². The molecule has 0 atom stereocenters. The number of hydrogen-bond donors (Lipinski definition) is 1. The summed E-state index contributed by atoms with van der Waals surface area (Å²) in [6.07, 6.45) is 0. The smallest absolute Gasteiger partial charge is 0.266 e. The van der Waals surface area contributed by atoms with Crippen molar-refractivity contribution in [2.24, 2.45) is 0 Å². The van der Waals surface area contributed by atoms with Crippen LogP contribution in [0.3, 0.4) is 0 Å². The normalized spacial score (nSPS) is 10.3. The van der Waals surface area contributed by atoms with Crippen molar-refractivity contribution in [1.29, 1.82) is 5.26 Å². The molecule has 3 aromatic rings. The van der Waals surface area contributed by atoms with Gasteiger partial charge in [-0.15, -0.1) is 0 Å². The van der Waals surface area contributed by atoms with Crippen molar-refractivity contribution in [2.45, 2.75) is 6.92 Å². The zero-order valence-corrected chi connectivity index (χ0v) is 13.2. The molecule has 112 valence electrons. The summed E-state index contributed by atoms with van der Waals surface area (Å²) < 4.78 is 0. The van der Waals surface area contributed by atoms with E-state index in [9.17, 15) is 10.1 Å². The number of hydrogen-bond acceptors (Lipinski definition) is 2. The van der Waals surface area contributed by atoms with Crippen LogP contribution in [-0.2, 0) is 0 Å². The first kappa shape index (κ1) is 15.1. The summed E-state index contributed by atoms with van der Waals surface area (Å²) >= 11 is 5.92. The summed E-state index contributed by atoms with van der Waals surface area (Å²) in [6.45, 7) is 1.99. The van der Waals surface area contributed by atoms with Gasteiger partial charge >= 0.3 is 0 Å². The van der Waals surface area contributed by atoms with Gasteiger partial charge in [0.05, 0.1) is 0 Å². The van der Waals surface area contributed by atoms with E-state index >= 15 is 0 Å². The second-order valence-electron chi connectivity index (χ2n) is 5.29. The molecule has 0 saturated carbocycles. The zero-order chi connectivity index (χ0) is 16.4. The minimum atomic E-state index is -0.392. The molecule has 0 amide bonds. The molecule has 0 bridgehead atoms. The molecule has 0 aliphatic carbocycles. The summed E-state index contributed by atoms with van der Waals surface area (Å²) in [6, 6.07) is 18.8. The second-order valence-corrected chi connectivity index (χ2v) is 5.73. The van der Waals surface area contributed by atoms with Crippen LogP contribution in [0.5, 0.6) is 0 Å². The Morgan fingerprint density at radius 3 is 2.43 bits per heavy atom. The number of nitrogens with zero attached hydrogens (tertiary/aromatic N) is 1. The molecule has 0 radical (unpaired) electrons. The summed E-state index contributed by atoms with van der Waals surface area (Å²) in [5.74, 6) is 0. The van der Waals surface area contributed by atoms with Crippen molar-refractivity contribution in [3.63, 3.8) is 0 Å². The lowest BCUT2D eigenvalue weighted by molar-refractivity contribution is 1.22. The topological polar surface area (TPSA) is 56.6 Å². The maximum Gasteiger partial charge on any atom is 0.266 e. The lowest BCUT2D eigenvalue weighted by Gasteiger charge is -2.09. The highest BCUT2D eigenvalue weighted by Gasteiger charge is 2.12. The van der Waals surface area contributed by atoms with Crippen LogP contribution in [0, 0.1) is 18.3 Å². The zero-order valence-electron chi connectivity index (χ0n) is 12.4. The molecule has 3 nitrogen and oxygen atoms in total. The number of benzene rings is 2. The molecule has 0 aliphatic rings. The van der Waals surface area contributed by atoms with Crippen molar-refractivity contribution >= 4 is 11.6 Å². The van der Waals surface area contributed by atoms with Gasteiger partial charge in [0.1, 0.15) is 11.6 Å². The molecule has 1 aromatic heterocycles. The predicted molar refractivity (Wildman–Crippen MR) is 92.4 cm³/mol.